The van der Waals surface area contributed by atoms with Gasteiger partial charge in [-0.05, 0) is 11.6 Å². The van der Waals surface area contributed by atoms with Crippen molar-refractivity contribution in [2.75, 3.05) is 38.0 Å². The Kier molecular flexibility index (Phi) is 3.60. The molecule has 2 heterocycles. The van der Waals surface area contributed by atoms with Crippen LogP contribution in [0.4, 0.5) is 5.69 Å². The molecule has 21 heavy (non-hydrogen) atoms. The standard InChI is InChI=1S/C13H18N4O3S/c14-21(19,20)17-7-5-16(6-8-17)13(18)11-9-15-12-4-2-1-3-10(11)12/h1-4,11,15H,5-9H2,(H2,14,19,20). The molecule has 1 aromatic rings. The number of hydrogen-bond donors (Lipinski definition) is 2. The molecular weight excluding hydrogens is 292 g/mol. The van der Waals surface area contributed by atoms with Gasteiger partial charge in [-0.15, -0.1) is 0 Å². The van der Waals surface area contributed by atoms with Gasteiger partial charge < -0.3 is 10.2 Å². The molecule has 1 atom stereocenters. The molecule has 1 amide bonds. The molecule has 1 saturated heterocycles. The van der Waals surface area contributed by atoms with Gasteiger partial charge in [-0.3, -0.25) is 4.79 Å². The minimum Gasteiger partial charge on any atom is -0.384 e. The van der Waals surface area contributed by atoms with Gasteiger partial charge in [0.2, 0.25) is 5.91 Å². The monoisotopic (exact) mass is 310 g/mol. The third-order valence-corrected chi connectivity index (χ3v) is 5.13. The van der Waals surface area contributed by atoms with E-state index in [2.05, 4.69) is 5.32 Å². The molecule has 0 bridgehead atoms. The lowest BCUT2D eigenvalue weighted by molar-refractivity contribution is -0.133. The molecule has 1 fully saturated rings. The first-order valence-electron chi connectivity index (χ1n) is 6.86. The van der Waals surface area contributed by atoms with Gasteiger partial charge in [-0.1, -0.05) is 18.2 Å². The molecule has 1 aromatic carbocycles. The summed E-state index contributed by atoms with van der Waals surface area (Å²) in [5, 5.41) is 8.33. The predicted octanol–water partition coefficient (Wildman–Crippen LogP) is -0.457. The second-order valence-electron chi connectivity index (χ2n) is 5.29. The summed E-state index contributed by atoms with van der Waals surface area (Å²) in [6.07, 6.45) is 0. The van der Waals surface area contributed by atoms with Crippen molar-refractivity contribution in [2.24, 2.45) is 5.14 Å². The van der Waals surface area contributed by atoms with Crippen molar-refractivity contribution in [2.45, 2.75) is 5.92 Å². The highest BCUT2D eigenvalue weighted by Gasteiger charge is 2.34. The lowest BCUT2D eigenvalue weighted by Gasteiger charge is -2.34. The maximum atomic E-state index is 12.6. The average Bonchev–Trinajstić information content (AvgIpc) is 2.90. The molecule has 3 N–H and O–H groups in total. The zero-order chi connectivity index (χ0) is 15.0. The zero-order valence-electron chi connectivity index (χ0n) is 11.5. The Morgan fingerprint density at radius 3 is 2.52 bits per heavy atom. The van der Waals surface area contributed by atoms with E-state index in [1.54, 1.807) is 4.90 Å². The highest BCUT2D eigenvalue weighted by molar-refractivity contribution is 7.86. The largest absolute Gasteiger partial charge is 0.384 e. The first-order chi connectivity index (χ1) is 9.97. The molecule has 114 valence electrons. The summed E-state index contributed by atoms with van der Waals surface area (Å²) in [5.74, 6) is -0.149. The number of carbonyl (C=O) groups is 1. The van der Waals surface area contributed by atoms with E-state index in [4.69, 9.17) is 5.14 Å². The highest BCUT2D eigenvalue weighted by atomic mass is 32.2. The predicted molar refractivity (Wildman–Crippen MR) is 78.9 cm³/mol. The smallest absolute Gasteiger partial charge is 0.277 e. The van der Waals surface area contributed by atoms with Crippen molar-refractivity contribution >= 4 is 21.8 Å². The number of nitrogens with one attached hydrogen (secondary N) is 1. The number of para-hydroxylation sites is 1. The molecule has 8 heteroatoms. The summed E-state index contributed by atoms with van der Waals surface area (Å²) in [6.45, 7) is 1.87. The molecule has 0 aromatic heterocycles. The summed E-state index contributed by atoms with van der Waals surface area (Å²) in [7, 11) is -3.66. The number of amides is 1. The number of rotatable bonds is 2. The molecule has 0 radical (unpaired) electrons. The first kappa shape index (κ1) is 14.3. The van der Waals surface area contributed by atoms with Gasteiger partial charge in [0.1, 0.15) is 0 Å². The molecule has 0 aliphatic carbocycles. The maximum Gasteiger partial charge on any atom is 0.277 e. The molecular formula is C13H18N4O3S. The Morgan fingerprint density at radius 1 is 1.19 bits per heavy atom. The molecule has 1 unspecified atom stereocenters. The number of piperazine rings is 1. The van der Waals surface area contributed by atoms with Gasteiger partial charge in [0.25, 0.3) is 10.2 Å². The van der Waals surface area contributed by atoms with Crippen LogP contribution in [-0.4, -0.2) is 56.3 Å². The van der Waals surface area contributed by atoms with E-state index in [0.717, 1.165) is 11.3 Å². The lowest BCUT2D eigenvalue weighted by atomic mass is 9.99. The van der Waals surface area contributed by atoms with E-state index >= 15 is 0 Å². The van der Waals surface area contributed by atoms with Crippen LogP contribution < -0.4 is 10.5 Å². The number of carbonyl (C=O) groups excluding carboxylic acids is 1. The summed E-state index contributed by atoms with van der Waals surface area (Å²) >= 11 is 0. The van der Waals surface area contributed by atoms with Gasteiger partial charge >= 0.3 is 0 Å². The third kappa shape index (κ3) is 2.74. The van der Waals surface area contributed by atoms with Crippen LogP contribution in [0, 0.1) is 0 Å². The van der Waals surface area contributed by atoms with Gasteiger partial charge in [0.15, 0.2) is 0 Å². The average molecular weight is 310 g/mol. The van der Waals surface area contributed by atoms with Gasteiger partial charge in [-0.2, -0.15) is 12.7 Å². The minimum absolute atomic E-state index is 0.0431. The Bertz CT molecular complexity index is 653. The first-order valence-corrected chi connectivity index (χ1v) is 8.36. The summed E-state index contributed by atoms with van der Waals surface area (Å²) in [5.41, 5.74) is 2.01. The topological polar surface area (TPSA) is 95.7 Å². The Labute approximate surface area is 123 Å². The minimum atomic E-state index is -3.66. The quantitative estimate of drug-likeness (QED) is 0.773. The molecule has 2 aliphatic heterocycles. The Hall–Kier alpha value is -1.64. The lowest BCUT2D eigenvalue weighted by Crippen LogP contribution is -2.53. The molecule has 7 nitrogen and oxygen atoms in total. The van der Waals surface area contributed by atoms with Crippen LogP contribution in [0.15, 0.2) is 24.3 Å². The van der Waals surface area contributed by atoms with Crippen molar-refractivity contribution in [3.05, 3.63) is 29.8 Å². The van der Waals surface area contributed by atoms with Crippen molar-refractivity contribution < 1.29 is 13.2 Å². The van der Waals surface area contributed by atoms with Crippen LogP contribution in [0.5, 0.6) is 0 Å². The fourth-order valence-corrected chi connectivity index (χ4v) is 3.56. The van der Waals surface area contributed by atoms with Crippen LogP contribution in [0.1, 0.15) is 11.5 Å². The van der Waals surface area contributed by atoms with Crippen LogP contribution in [-0.2, 0) is 15.0 Å². The van der Waals surface area contributed by atoms with Crippen molar-refractivity contribution in [3.63, 3.8) is 0 Å². The van der Waals surface area contributed by atoms with E-state index in [-0.39, 0.29) is 24.9 Å². The summed E-state index contributed by atoms with van der Waals surface area (Å²) < 4.78 is 23.8. The van der Waals surface area contributed by atoms with Crippen molar-refractivity contribution in [1.82, 2.24) is 9.21 Å². The number of fused-ring (bicyclic) bond motifs is 1. The van der Waals surface area contributed by atoms with Crippen LogP contribution in [0.2, 0.25) is 0 Å². The Morgan fingerprint density at radius 2 is 1.86 bits per heavy atom. The van der Waals surface area contributed by atoms with E-state index in [9.17, 15) is 13.2 Å². The SMILES string of the molecule is NS(=O)(=O)N1CCN(C(=O)C2CNc3ccccc32)CC1. The molecule has 2 aliphatic rings. The van der Waals surface area contributed by atoms with Crippen molar-refractivity contribution in [3.8, 4) is 0 Å². The van der Waals surface area contributed by atoms with E-state index < -0.39 is 10.2 Å². The molecule has 0 saturated carbocycles. The van der Waals surface area contributed by atoms with Gasteiger partial charge in [0, 0.05) is 38.4 Å². The van der Waals surface area contributed by atoms with Gasteiger partial charge in [-0.25, -0.2) is 5.14 Å². The summed E-state index contributed by atoms with van der Waals surface area (Å²) in [4.78, 5) is 14.3. The van der Waals surface area contributed by atoms with Crippen LogP contribution >= 0.6 is 0 Å². The normalized spacial score (nSPS) is 22.7. The third-order valence-electron chi connectivity index (χ3n) is 4.04. The second kappa shape index (κ2) is 5.28. The van der Waals surface area contributed by atoms with Gasteiger partial charge in [0.05, 0.1) is 5.92 Å². The highest BCUT2D eigenvalue weighted by Crippen LogP contribution is 2.32. The van der Waals surface area contributed by atoms with E-state index in [1.165, 1.54) is 4.31 Å². The number of hydrogen-bond acceptors (Lipinski definition) is 4. The number of nitrogens with zero attached hydrogens (tertiary/aromatic N) is 2. The summed E-state index contributed by atoms with van der Waals surface area (Å²) in [6, 6.07) is 7.77. The molecule has 3 rings (SSSR count). The Balaban J connectivity index is 1.69. The van der Waals surface area contributed by atoms with E-state index in [1.807, 2.05) is 24.3 Å². The molecule has 0 spiro atoms. The van der Waals surface area contributed by atoms with E-state index in [0.29, 0.717) is 19.6 Å². The van der Waals surface area contributed by atoms with Crippen molar-refractivity contribution in [1.29, 1.82) is 0 Å². The number of benzene rings is 1. The maximum absolute atomic E-state index is 12.6. The van der Waals surface area contributed by atoms with Crippen LogP contribution in [0.25, 0.3) is 0 Å². The number of nitrogens with two attached hydrogens (primary N) is 1. The zero-order valence-corrected chi connectivity index (χ0v) is 12.3. The number of anilines is 1. The van der Waals surface area contributed by atoms with Crippen LogP contribution in [0.3, 0.4) is 0 Å². The second-order valence-corrected chi connectivity index (χ2v) is 6.84. The fourth-order valence-electron chi connectivity index (χ4n) is 2.89. The fraction of sp³-hybridized carbons (Fsp3) is 0.462.